The number of rotatable bonds is 5. The van der Waals surface area contributed by atoms with Gasteiger partial charge in [0.1, 0.15) is 5.69 Å². The van der Waals surface area contributed by atoms with Crippen LogP contribution in [0.15, 0.2) is 91.0 Å². The molecular formula is C24H15NO3. The van der Waals surface area contributed by atoms with Crippen molar-refractivity contribution in [1.29, 1.82) is 0 Å². The van der Waals surface area contributed by atoms with E-state index in [2.05, 4.69) is 4.98 Å². The van der Waals surface area contributed by atoms with Crippen LogP contribution in [0.3, 0.4) is 0 Å². The SMILES string of the molecule is O=C(C(=O)c1nc2ccccc2cc1C(=O)c1ccccc1)c1ccccc1. The Morgan fingerprint density at radius 1 is 0.607 bits per heavy atom. The number of hydrogen-bond acceptors (Lipinski definition) is 4. The van der Waals surface area contributed by atoms with Crippen LogP contribution in [0.4, 0.5) is 0 Å². The van der Waals surface area contributed by atoms with Crippen LogP contribution in [0.25, 0.3) is 10.9 Å². The average Bonchev–Trinajstić information content (AvgIpc) is 2.78. The third kappa shape index (κ3) is 3.23. The zero-order valence-electron chi connectivity index (χ0n) is 14.8. The van der Waals surface area contributed by atoms with Gasteiger partial charge in [0.05, 0.1) is 11.1 Å². The number of ketones is 3. The maximum absolute atomic E-state index is 13.1. The van der Waals surface area contributed by atoms with Crippen molar-refractivity contribution >= 4 is 28.3 Å². The smallest absolute Gasteiger partial charge is 0.252 e. The molecule has 28 heavy (non-hydrogen) atoms. The van der Waals surface area contributed by atoms with Crippen molar-refractivity contribution in [1.82, 2.24) is 4.98 Å². The Bertz CT molecular complexity index is 1200. The predicted molar refractivity (Wildman–Crippen MR) is 107 cm³/mol. The molecule has 0 saturated carbocycles. The lowest BCUT2D eigenvalue weighted by Crippen LogP contribution is -2.20. The summed E-state index contributed by atoms with van der Waals surface area (Å²) in [5.41, 5.74) is 1.25. The van der Waals surface area contributed by atoms with Crippen molar-refractivity contribution in [2.75, 3.05) is 0 Å². The van der Waals surface area contributed by atoms with Crippen LogP contribution < -0.4 is 0 Å². The summed E-state index contributed by atoms with van der Waals surface area (Å²) < 4.78 is 0. The number of nitrogens with zero attached hydrogens (tertiary/aromatic N) is 1. The van der Waals surface area contributed by atoms with Crippen molar-refractivity contribution in [3.8, 4) is 0 Å². The number of aromatic nitrogens is 1. The minimum Gasteiger partial charge on any atom is -0.289 e. The quantitative estimate of drug-likeness (QED) is 0.385. The van der Waals surface area contributed by atoms with E-state index >= 15 is 0 Å². The zero-order valence-corrected chi connectivity index (χ0v) is 14.8. The lowest BCUT2D eigenvalue weighted by Gasteiger charge is -2.09. The van der Waals surface area contributed by atoms with E-state index in [-0.39, 0.29) is 22.6 Å². The van der Waals surface area contributed by atoms with Gasteiger partial charge in [-0.15, -0.1) is 0 Å². The highest BCUT2D eigenvalue weighted by Crippen LogP contribution is 2.21. The van der Waals surface area contributed by atoms with Crippen molar-refractivity contribution in [3.05, 3.63) is 113 Å². The third-order valence-corrected chi connectivity index (χ3v) is 4.46. The summed E-state index contributed by atoms with van der Waals surface area (Å²) >= 11 is 0. The molecule has 1 aromatic heterocycles. The molecule has 0 unspecified atom stereocenters. The lowest BCUT2D eigenvalue weighted by atomic mass is 9.95. The van der Waals surface area contributed by atoms with Crippen molar-refractivity contribution < 1.29 is 14.4 Å². The fourth-order valence-corrected chi connectivity index (χ4v) is 3.04. The molecule has 1 heterocycles. The second-order valence-corrected chi connectivity index (χ2v) is 6.30. The molecule has 0 aliphatic heterocycles. The number of pyridine rings is 1. The van der Waals surface area contributed by atoms with E-state index in [0.717, 1.165) is 5.39 Å². The van der Waals surface area contributed by atoms with E-state index in [1.807, 2.05) is 12.1 Å². The Morgan fingerprint density at radius 3 is 1.86 bits per heavy atom. The molecule has 0 atom stereocenters. The number of carbonyl (C=O) groups excluding carboxylic acids is 3. The molecule has 0 radical (unpaired) electrons. The summed E-state index contributed by atoms with van der Waals surface area (Å²) in [5, 5.41) is 0.727. The van der Waals surface area contributed by atoms with Crippen LogP contribution in [0.2, 0.25) is 0 Å². The van der Waals surface area contributed by atoms with Gasteiger partial charge in [0.25, 0.3) is 5.78 Å². The standard InChI is InChI=1S/C24H15NO3/c26-22(16-9-3-1-4-10-16)19-15-18-13-7-8-14-20(18)25-21(19)24(28)23(27)17-11-5-2-6-12-17/h1-15H. The van der Waals surface area contributed by atoms with Gasteiger partial charge in [-0.3, -0.25) is 14.4 Å². The minimum atomic E-state index is -0.795. The average molecular weight is 365 g/mol. The Balaban J connectivity index is 1.87. The highest BCUT2D eigenvalue weighted by molar-refractivity contribution is 6.50. The highest BCUT2D eigenvalue weighted by Gasteiger charge is 2.26. The number of Topliss-reactive ketones (excluding diaryl/α,β-unsaturated/α-hetero) is 2. The van der Waals surface area contributed by atoms with Crippen LogP contribution in [0.1, 0.15) is 36.8 Å². The van der Waals surface area contributed by atoms with Crippen LogP contribution in [-0.2, 0) is 0 Å². The summed E-state index contributed by atoms with van der Waals surface area (Å²) in [7, 11) is 0. The Morgan fingerprint density at radius 2 is 1.18 bits per heavy atom. The first-order chi connectivity index (χ1) is 13.6. The minimum absolute atomic E-state index is 0.124. The maximum atomic E-state index is 13.1. The number of para-hydroxylation sites is 1. The summed E-state index contributed by atoms with van der Waals surface area (Å²) in [6.45, 7) is 0. The van der Waals surface area contributed by atoms with Crippen LogP contribution in [0.5, 0.6) is 0 Å². The topological polar surface area (TPSA) is 64.1 Å². The van der Waals surface area contributed by atoms with Gasteiger partial charge in [0, 0.05) is 16.5 Å². The number of carbonyl (C=O) groups is 3. The van der Waals surface area contributed by atoms with E-state index in [1.165, 1.54) is 0 Å². The summed E-state index contributed by atoms with van der Waals surface area (Å²) in [6.07, 6.45) is 0. The largest absolute Gasteiger partial charge is 0.289 e. The van der Waals surface area contributed by atoms with E-state index in [0.29, 0.717) is 11.1 Å². The van der Waals surface area contributed by atoms with E-state index in [9.17, 15) is 14.4 Å². The molecular weight excluding hydrogens is 350 g/mol. The summed E-state index contributed by atoms with van der Waals surface area (Å²) in [5.74, 6) is -1.83. The van der Waals surface area contributed by atoms with Crippen LogP contribution in [-0.4, -0.2) is 22.3 Å². The Labute approximate surface area is 161 Å². The summed E-state index contributed by atoms with van der Waals surface area (Å²) in [6, 6.07) is 25.7. The zero-order chi connectivity index (χ0) is 19.5. The number of hydrogen-bond donors (Lipinski definition) is 0. The van der Waals surface area contributed by atoms with Gasteiger partial charge in [0.15, 0.2) is 5.78 Å². The first-order valence-corrected chi connectivity index (χ1v) is 8.79. The van der Waals surface area contributed by atoms with Crippen molar-refractivity contribution in [3.63, 3.8) is 0 Å². The van der Waals surface area contributed by atoms with Gasteiger partial charge in [0.2, 0.25) is 5.78 Å². The molecule has 0 N–H and O–H groups in total. The van der Waals surface area contributed by atoms with Gasteiger partial charge in [-0.2, -0.15) is 0 Å². The molecule has 0 aliphatic carbocycles. The molecule has 3 aromatic carbocycles. The van der Waals surface area contributed by atoms with Gasteiger partial charge in [-0.25, -0.2) is 4.98 Å². The normalized spacial score (nSPS) is 10.6. The van der Waals surface area contributed by atoms with E-state index < -0.39 is 11.6 Å². The fraction of sp³-hybridized carbons (Fsp3) is 0. The van der Waals surface area contributed by atoms with Crippen LogP contribution >= 0.6 is 0 Å². The maximum Gasteiger partial charge on any atom is 0.252 e. The highest BCUT2D eigenvalue weighted by atomic mass is 16.2. The monoisotopic (exact) mass is 365 g/mol. The molecule has 0 fully saturated rings. The molecule has 4 nitrogen and oxygen atoms in total. The first kappa shape index (κ1) is 17.5. The molecule has 0 amide bonds. The van der Waals surface area contributed by atoms with Gasteiger partial charge in [-0.1, -0.05) is 78.9 Å². The lowest BCUT2D eigenvalue weighted by molar-refractivity contribution is 0.0812. The molecule has 0 spiro atoms. The second-order valence-electron chi connectivity index (χ2n) is 6.30. The first-order valence-electron chi connectivity index (χ1n) is 8.79. The molecule has 4 rings (SSSR count). The van der Waals surface area contributed by atoms with Crippen LogP contribution in [0, 0.1) is 0 Å². The molecule has 4 heteroatoms. The number of benzene rings is 3. The van der Waals surface area contributed by atoms with Crippen molar-refractivity contribution in [2.45, 2.75) is 0 Å². The fourth-order valence-electron chi connectivity index (χ4n) is 3.04. The van der Waals surface area contributed by atoms with Crippen molar-refractivity contribution in [2.24, 2.45) is 0 Å². The second kappa shape index (κ2) is 7.37. The molecule has 134 valence electrons. The Hall–Kier alpha value is -3.92. The molecule has 0 saturated heterocycles. The molecule has 0 bridgehead atoms. The summed E-state index contributed by atoms with van der Waals surface area (Å²) in [4.78, 5) is 43.1. The van der Waals surface area contributed by atoms with Gasteiger partial charge < -0.3 is 0 Å². The van der Waals surface area contributed by atoms with Gasteiger partial charge in [-0.05, 0) is 12.1 Å². The van der Waals surface area contributed by atoms with E-state index in [4.69, 9.17) is 0 Å². The predicted octanol–water partition coefficient (Wildman–Crippen LogP) is 4.53. The molecule has 0 aliphatic rings. The Kier molecular flexibility index (Phi) is 4.60. The molecule has 4 aromatic rings. The van der Waals surface area contributed by atoms with Gasteiger partial charge >= 0.3 is 0 Å². The number of fused-ring (bicyclic) bond motifs is 1. The van der Waals surface area contributed by atoms with E-state index in [1.54, 1.807) is 78.9 Å². The third-order valence-electron chi connectivity index (χ3n) is 4.46.